The zero-order chi connectivity index (χ0) is 18.7. The average Bonchev–Trinajstić information content (AvgIpc) is 3.10. The van der Waals surface area contributed by atoms with E-state index < -0.39 is 23.1 Å². The summed E-state index contributed by atoms with van der Waals surface area (Å²) in [6, 6.07) is 3.32. The largest absolute Gasteiger partial charge is 0.335 e. The second-order valence-electron chi connectivity index (χ2n) is 5.85. The number of benzene rings is 1. The molecule has 0 bridgehead atoms. The quantitative estimate of drug-likeness (QED) is 0.826. The van der Waals surface area contributed by atoms with Crippen LogP contribution >= 0.6 is 23.7 Å². The fourth-order valence-electron chi connectivity index (χ4n) is 2.78. The van der Waals surface area contributed by atoms with E-state index in [1.54, 1.807) is 10.3 Å². The zero-order valence-electron chi connectivity index (χ0n) is 14.4. The average molecular weight is 417 g/mol. The monoisotopic (exact) mass is 416 g/mol. The van der Waals surface area contributed by atoms with E-state index in [1.807, 2.05) is 0 Å². The summed E-state index contributed by atoms with van der Waals surface area (Å²) in [5.41, 5.74) is 5.28. The molecular formula is C17H19ClF2N4O2S. The first kappa shape index (κ1) is 21.2. The van der Waals surface area contributed by atoms with Crippen LogP contribution in [0.15, 0.2) is 23.6 Å². The van der Waals surface area contributed by atoms with Crippen molar-refractivity contribution in [1.29, 1.82) is 0 Å². The van der Waals surface area contributed by atoms with E-state index in [2.05, 4.69) is 4.98 Å². The lowest BCUT2D eigenvalue weighted by Crippen LogP contribution is -2.51. The van der Waals surface area contributed by atoms with E-state index in [9.17, 15) is 18.4 Å². The number of carbonyl (C=O) groups excluding carboxylic acids is 2. The van der Waals surface area contributed by atoms with E-state index in [0.717, 1.165) is 17.1 Å². The van der Waals surface area contributed by atoms with Crippen molar-refractivity contribution in [1.82, 2.24) is 14.8 Å². The third kappa shape index (κ3) is 4.60. The van der Waals surface area contributed by atoms with E-state index in [-0.39, 0.29) is 44.5 Å². The topological polar surface area (TPSA) is 79.5 Å². The number of nitrogens with two attached hydrogens (primary N) is 1. The minimum atomic E-state index is -0.886. The van der Waals surface area contributed by atoms with Crippen molar-refractivity contribution in [3.63, 3.8) is 0 Å². The van der Waals surface area contributed by atoms with Crippen LogP contribution in [0, 0.1) is 11.6 Å². The molecule has 1 saturated heterocycles. The number of carbonyl (C=O) groups is 2. The Hall–Kier alpha value is -2.10. The molecule has 0 spiro atoms. The van der Waals surface area contributed by atoms with Gasteiger partial charge in [0.2, 0.25) is 0 Å². The Morgan fingerprint density at radius 3 is 2.19 bits per heavy atom. The van der Waals surface area contributed by atoms with Crippen LogP contribution in [0.4, 0.5) is 8.78 Å². The molecule has 3 rings (SSSR count). The normalized spacial score (nSPS) is 14.0. The van der Waals surface area contributed by atoms with Crippen LogP contribution in [-0.4, -0.2) is 59.3 Å². The van der Waals surface area contributed by atoms with Gasteiger partial charge in [-0.15, -0.1) is 23.7 Å². The van der Waals surface area contributed by atoms with Crippen LogP contribution in [0.3, 0.4) is 0 Å². The van der Waals surface area contributed by atoms with Crippen molar-refractivity contribution in [2.45, 2.75) is 6.42 Å². The number of halogens is 3. The van der Waals surface area contributed by atoms with Crippen LogP contribution in [0.1, 0.15) is 25.9 Å². The molecule has 27 heavy (non-hydrogen) atoms. The molecular weight excluding hydrogens is 398 g/mol. The Labute approximate surface area is 165 Å². The van der Waals surface area contributed by atoms with Crippen molar-refractivity contribution in [2.75, 3.05) is 32.7 Å². The van der Waals surface area contributed by atoms with Crippen molar-refractivity contribution < 1.29 is 18.4 Å². The first-order valence-corrected chi connectivity index (χ1v) is 9.06. The summed E-state index contributed by atoms with van der Waals surface area (Å²) in [5.74, 6) is -2.69. The summed E-state index contributed by atoms with van der Waals surface area (Å²) >= 11 is 1.39. The van der Waals surface area contributed by atoms with Crippen LogP contribution < -0.4 is 5.73 Å². The van der Waals surface area contributed by atoms with E-state index >= 15 is 0 Å². The summed E-state index contributed by atoms with van der Waals surface area (Å²) in [6.07, 6.45) is 0.619. The third-order valence-electron chi connectivity index (χ3n) is 4.16. The van der Waals surface area contributed by atoms with Gasteiger partial charge in [0.1, 0.15) is 22.9 Å². The molecule has 0 saturated carbocycles. The summed E-state index contributed by atoms with van der Waals surface area (Å²) in [6.45, 7) is 1.44. The van der Waals surface area contributed by atoms with Crippen molar-refractivity contribution in [3.05, 3.63) is 51.5 Å². The van der Waals surface area contributed by atoms with E-state index in [0.29, 0.717) is 18.7 Å². The molecule has 1 fully saturated rings. The summed E-state index contributed by atoms with van der Waals surface area (Å²) in [4.78, 5) is 32.1. The van der Waals surface area contributed by atoms with E-state index in [1.165, 1.54) is 22.3 Å². The van der Waals surface area contributed by atoms with Gasteiger partial charge in [-0.2, -0.15) is 0 Å². The number of hydrogen-bond donors (Lipinski definition) is 1. The molecule has 1 aliphatic heterocycles. The lowest BCUT2D eigenvalue weighted by Gasteiger charge is -2.34. The lowest BCUT2D eigenvalue weighted by molar-refractivity contribution is 0.0527. The smallest absolute Gasteiger partial charge is 0.273 e. The standard InChI is InChI=1S/C17H18F2N4O2S.ClH/c18-11-2-1-3-12(19)15(11)17(25)23-8-6-22(7-9-23)16(24)13-10-26-14(21-13)4-5-20;/h1-3,10H,4-9,20H2;1H. The maximum Gasteiger partial charge on any atom is 0.273 e. The Morgan fingerprint density at radius 2 is 1.63 bits per heavy atom. The van der Waals surface area contributed by atoms with Gasteiger partial charge in [0.15, 0.2) is 0 Å². The van der Waals surface area contributed by atoms with Gasteiger partial charge in [0.05, 0.1) is 5.01 Å². The fourth-order valence-corrected chi connectivity index (χ4v) is 3.57. The van der Waals surface area contributed by atoms with Crippen LogP contribution in [0.5, 0.6) is 0 Å². The van der Waals surface area contributed by atoms with Crippen molar-refractivity contribution >= 4 is 35.6 Å². The molecule has 2 amide bonds. The van der Waals surface area contributed by atoms with E-state index in [4.69, 9.17) is 5.73 Å². The zero-order valence-corrected chi connectivity index (χ0v) is 16.0. The van der Waals surface area contributed by atoms with Gasteiger partial charge in [-0.3, -0.25) is 9.59 Å². The first-order chi connectivity index (χ1) is 12.5. The highest BCUT2D eigenvalue weighted by Crippen LogP contribution is 2.18. The number of aromatic nitrogens is 1. The van der Waals surface area contributed by atoms with Crippen LogP contribution in [0.25, 0.3) is 0 Å². The molecule has 2 N–H and O–H groups in total. The number of piperazine rings is 1. The summed E-state index contributed by atoms with van der Waals surface area (Å²) in [7, 11) is 0. The third-order valence-corrected chi connectivity index (χ3v) is 5.07. The lowest BCUT2D eigenvalue weighted by atomic mass is 10.1. The maximum absolute atomic E-state index is 13.8. The first-order valence-electron chi connectivity index (χ1n) is 8.18. The molecule has 1 aliphatic rings. The Bertz CT molecular complexity index is 805. The molecule has 2 heterocycles. The minimum absolute atomic E-state index is 0. The Kier molecular flexibility index (Phi) is 7.23. The van der Waals surface area contributed by atoms with Crippen LogP contribution in [0.2, 0.25) is 0 Å². The van der Waals surface area contributed by atoms with Crippen molar-refractivity contribution in [2.24, 2.45) is 5.73 Å². The van der Waals surface area contributed by atoms with Crippen LogP contribution in [-0.2, 0) is 6.42 Å². The molecule has 0 atom stereocenters. The minimum Gasteiger partial charge on any atom is -0.335 e. The number of hydrogen-bond acceptors (Lipinski definition) is 5. The van der Waals surface area contributed by atoms with Crippen molar-refractivity contribution in [3.8, 4) is 0 Å². The predicted molar refractivity (Wildman–Crippen MR) is 100 cm³/mol. The van der Waals surface area contributed by atoms with Gasteiger partial charge in [-0.25, -0.2) is 13.8 Å². The van der Waals surface area contributed by atoms with Gasteiger partial charge in [-0.05, 0) is 18.7 Å². The number of nitrogens with zero attached hydrogens (tertiary/aromatic N) is 3. The highest BCUT2D eigenvalue weighted by atomic mass is 35.5. The molecule has 1 aromatic heterocycles. The summed E-state index contributed by atoms with van der Waals surface area (Å²) < 4.78 is 27.6. The van der Waals surface area contributed by atoms with Gasteiger partial charge < -0.3 is 15.5 Å². The molecule has 10 heteroatoms. The van der Waals surface area contributed by atoms with Gasteiger partial charge in [0, 0.05) is 38.0 Å². The van der Waals surface area contributed by atoms with Gasteiger partial charge in [0.25, 0.3) is 11.8 Å². The highest BCUT2D eigenvalue weighted by molar-refractivity contribution is 7.09. The number of thiazole rings is 1. The molecule has 146 valence electrons. The molecule has 0 unspecified atom stereocenters. The predicted octanol–water partition coefficient (Wildman–Crippen LogP) is 1.94. The molecule has 2 aromatic rings. The van der Waals surface area contributed by atoms with Gasteiger partial charge in [-0.1, -0.05) is 6.07 Å². The second kappa shape index (κ2) is 9.20. The molecule has 0 radical (unpaired) electrons. The Morgan fingerprint density at radius 1 is 1.07 bits per heavy atom. The number of amides is 2. The highest BCUT2D eigenvalue weighted by Gasteiger charge is 2.29. The molecule has 1 aromatic carbocycles. The molecule has 0 aliphatic carbocycles. The Balaban J connectivity index is 0.00000261. The number of rotatable bonds is 4. The maximum atomic E-state index is 13.8. The second-order valence-corrected chi connectivity index (χ2v) is 6.79. The summed E-state index contributed by atoms with van der Waals surface area (Å²) in [5, 5.41) is 2.50. The fraction of sp³-hybridized carbons (Fsp3) is 0.353. The van der Waals surface area contributed by atoms with Gasteiger partial charge >= 0.3 is 0 Å². The SMILES string of the molecule is Cl.NCCc1nc(C(=O)N2CCN(C(=O)c3c(F)cccc3F)CC2)cs1. The molecule has 6 nitrogen and oxygen atoms in total.